The lowest BCUT2D eigenvalue weighted by Gasteiger charge is -2.06. The molecule has 0 amide bonds. The van der Waals surface area contributed by atoms with E-state index in [0.29, 0.717) is 0 Å². The molecule has 0 aliphatic carbocycles. The van der Waals surface area contributed by atoms with Crippen molar-refractivity contribution >= 4 is 0 Å². The van der Waals surface area contributed by atoms with Gasteiger partial charge in [-0.05, 0) is 13.3 Å². The van der Waals surface area contributed by atoms with Gasteiger partial charge in [-0.25, -0.2) is 0 Å². The van der Waals surface area contributed by atoms with E-state index >= 15 is 0 Å². The lowest BCUT2D eigenvalue weighted by atomic mass is 10.5. The molecule has 0 aliphatic heterocycles. The molecule has 0 aromatic carbocycles. The number of ether oxygens (including phenoxy) is 2. The summed E-state index contributed by atoms with van der Waals surface area (Å²) in [6, 6.07) is 0. The van der Waals surface area contributed by atoms with Crippen LogP contribution >= 0.6 is 0 Å². The zero-order valence-electron chi connectivity index (χ0n) is 8.06. The topological polar surface area (TPSA) is 42.5 Å². The van der Waals surface area contributed by atoms with Crippen LogP contribution in [0, 0.1) is 0 Å². The molecule has 0 aromatic rings. The lowest BCUT2D eigenvalue weighted by molar-refractivity contribution is 0.145. The van der Waals surface area contributed by atoms with E-state index in [9.17, 15) is 0 Å². The summed E-state index contributed by atoms with van der Waals surface area (Å²) in [4.78, 5) is 0. The molecule has 4 nitrogen and oxygen atoms in total. The van der Waals surface area contributed by atoms with Crippen LogP contribution in [-0.4, -0.2) is 40.0 Å². The third-order valence-corrected chi connectivity index (χ3v) is 1.35. The largest absolute Gasteiger partial charge is 0.385 e. The van der Waals surface area contributed by atoms with Gasteiger partial charge in [-0.1, -0.05) is 0 Å². The highest BCUT2D eigenvalue weighted by atomic mass is 16.5. The molecule has 0 saturated carbocycles. The summed E-state index contributed by atoms with van der Waals surface area (Å²) in [5, 5.41) is 0. The van der Waals surface area contributed by atoms with Crippen LogP contribution in [0.15, 0.2) is 0 Å². The van der Waals surface area contributed by atoms with E-state index in [1.165, 1.54) is 0 Å². The molecule has 74 valence electrons. The summed E-state index contributed by atoms with van der Waals surface area (Å²) < 4.78 is 10.0. The average molecular weight is 176 g/mol. The van der Waals surface area contributed by atoms with Gasteiger partial charge in [0.25, 0.3) is 0 Å². The van der Waals surface area contributed by atoms with Crippen LogP contribution in [0.25, 0.3) is 0 Å². The lowest BCUT2D eigenvalue weighted by Crippen LogP contribution is -2.35. The molecule has 0 spiro atoms. The van der Waals surface area contributed by atoms with Crippen LogP contribution in [0.4, 0.5) is 0 Å². The Kier molecular flexibility index (Phi) is 10.7. The Morgan fingerprint density at radius 3 is 2.50 bits per heavy atom. The molecule has 0 fully saturated rings. The minimum absolute atomic E-state index is 0.758. The van der Waals surface area contributed by atoms with E-state index in [1.807, 2.05) is 6.92 Å². The Bertz CT molecular complexity index is 71.5. The Morgan fingerprint density at radius 1 is 1.08 bits per heavy atom. The molecule has 0 heterocycles. The predicted octanol–water partition coefficient (Wildman–Crippen LogP) is 0.154. The molecule has 0 radical (unpaired) electrons. The molecular formula is C8H20N2O2. The van der Waals surface area contributed by atoms with Crippen LogP contribution in [-0.2, 0) is 9.47 Å². The zero-order chi connectivity index (χ0) is 9.07. The summed E-state index contributed by atoms with van der Waals surface area (Å²) in [6.45, 7) is 6.12. The Morgan fingerprint density at radius 2 is 1.83 bits per heavy atom. The van der Waals surface area contributed by atoms with Crippen molar-refractivity contribution < 1.29 is 9.47 Å². The van der Waals surface area contributed by atoms with Crippen molar-refractivity contribution in [2.24, 2.45) is 0 Å². The Labute approximate surface area is 74.6 Å². The third kappa shape index (κ3) is 9.84. The minimum atomic E-state index is 0.758. The number of hydrazine groups is 1. The molecule has 0 aliphatic rings. The maximum Gasteiger partial charge on any atom is 0.0604 e. The first-order valence-corrected chi connectivity index (χ1v) is 4.44. The maximum absolute atomic E-state index is 5.13. The molecule has 12 heavy (non-hydrogen) atoms. The van der Waals surface area contributed by atoms with Crippen molar-refractivity contribution in [2.45, 2.75) is 13.3 Å². The van der Waals surface area contributed by atoms with E-state index < -0.39 is 0 Å². The zero-order valence-corrected chi connectivity index (χ0v) is 8.06. The van der Waals surface area contributed by atoms with Crippen molar-refractivity contribution in [3.05, 3.63) is 0 Å². The first kappa shape index (κ1) is 11.8. The average Bonchev–Trinajstić information content (AvgIpc) is 2.10. The van der Waals surface area contributed by atoms with Gasteiger partial charge >= 0.3 is 0 Å². The second-order valence-electron chi connectivity index (χ2n) is 2.40. The summed E-state index contributed by atoms with van der Waals surface area (Å²) in [7, 11) is 1.71. The Balaban J connectivity index is 2.73. The van der Waals surface area contributed by atoms with Gasteiger partial charge in [0.2, 0.25) is 0 Å². The van der Waals surface area contributed by atoms with Gasteiger partial charge in [0, 0.05) is 33.4 Å². The molecule has 0 rings (SSSR count). The molecule has 4 heteroatoms. The first-order chi connectivity index (χ1) is 5.91. The van der Waals surface area contributed by atoms with Gasteiger partial charge < -0.3 is 9.47 Å². The maximum atomic E-state index is 5.13. The van der Waals surface area contributed by atoms with E-state index in [1.54, 1.807) is 7.11 Å². The van der Waals surface area contributed by atoms with Gasteiger partial charge in [-0.15, -0.1) is 0 Å². The van der Waals surface area contributed by atoms with Gasteiger partial charge in [0.1, 0.15) is 0 Å². The predicted molar refractivity (Wildman–Crippen MR) is 49.0 cm³/mol. The number of nitrogens with one attached hydrogen (secondary N) is 2. The summed E-state index contributed by atoms with van der Waals surface area (Å²) >= 11 is 0. The van der Waals surface area contributed by atoms with Crippen LogP contribution in [0.1, 0.15) is 13.3 Å². The number of hydrogen-bond acceptors (Lipinski definition) is 4. The first-order valence-electron chi connectivity index (χ1n) is 4.44. The second kappa shape index (κ2) is 10.8. The number of rotatable bonds is 9. The van der Waals surface area contributed by atoms with Crippen molar-refractivity contribution in [1.82, 2.24) is 10.9 Å². The molecule has 0 bridgehead atoms. The monoisotopic (exact) mass is 176 g/mol. The smallest absolute Gasteiger partial charge is 0.0604 e. The van der Waals surface area contributed by atoms with Crippen molar-refractivity contribution in [2.75, 3.05) is 40.0 Å². The van der Waals surface area contributed by atoms with E-state index in [-0.39, 0.29) is 0 Å². The van der Waals surface area contributed by atoms with Gasteiger partial charge in [0.15, 0.2) is 0 Å². The van der Waals surface area contributed by atoms with Crippen LogP contribution in [0.5, 0.6) is 0 Å². The second-order valence-corrected chi connectivity index (χ2v) is 2.40. The van der Waals surface area contributed by atoms with Gasteiger partial charge in [0.05, 0.1) is 6.61 Å². The summed E-state index contributed by atoms with van der Waals surface area (Å²) in [5.74, 6) is 0. The van der Waals surface area contributed by atoms with E-state index in [2.05, 4.69) is 10.9 Å². The molecule has 0 atom stereocenters. The molecular weight excluding hydrogens is 156 g/mol. The van der Waals surface area contributed by atoms with Gasteiger partial charge in [-0.3, -0.25) is 10.9 Å². The highest BCUT2D eigenvalue weighted by Gasteiger charge is 1.86. The van der Waals surface area contributed by atoms with E-state index in [0.717, 1.165) is 39.3 Å². The van der Waals surface area contributed by atoms with Crippen molar-refractivity contribution in [3.8, 4) is 0 Å². The SMILES string of the molecule is CCOCCNNCCCOC. The van der Waals surface area contributed by atoms with E-state index in [4.69, 9.17) is 9.47 Å². The fourth-order valence-corrected chi connectivity index (χ4v) is 0.749. The standard InChI is InChI=1S/C8H20N2O2/c1-3-12-8-6-10-9-5-4-7-11-2/h9-10H,3-8H2,1-2H3. The Hall–Kier alpha value is -0.160. The quantitative estimate of drug-likeness (QED) is 0.388. The van der Waals surface area contributed by atoms with Crippen molar-refractivity contribution in [3.63, 3.8) is 0 Å². The molecule has 0 aromatic heterocycles. The fourth-order valence-electron chi connectivity index (χ4n) is 0.749. The minimum Gasteiger partial charge on any atom is -0.385 e. The fraction of sp³-hybridized carbons (Fsp3) is 1.00. The molecule has 0 unspecified atom stereocenters. The van der Waals surface area contributed by atoms with Crippen LogP contribution in [0.3, 0.4) is 0 Å². The van der Waals surface area contributed by atoms with Gasteiger partial charge in [-0.2, -0.15) is 0 Å². The van der Waals surface area contributed by atoms with Crippen LogP contribution < -0.4 is 10.9 Å². The summed E-state index contributed by atoms with van der Waals surface area (Å²) in [5.41, 5.74) is 6.12. The highest BCUT2D eigenvalue weighted by Crippen LogP contribution is 1.74. The highest BCUT2D eigenvalue weighted by molar-refractivity contribution is 4.42. The number of methoxy groups -OCH3 is 1. The normalized spacial score (nSPS) is 10.5. The molecule has 2 N–H and O–H groups in total. The van der Waals surface area contributed by atoms with Crippen molar-refractivity contribution in [1.29, 1.82) is 0 Å². The summed E-state index contributed by atoms with van der Waals surface area (Å²) in [6.07, 6.45) is 1.03. The third-order valence-electron chi connectivity index (χ3n) is 1.35. The number of hydrogen-bond donors (Lipinski definition) is 2. The molecule has 0 saturated heterocycles. The van der Waals surface area contributed by atoms with Crippen LogP contribution in [0.2, 0.25) is 0 Å².